The fourth-order valence-corrected chi connectivity index (χ4v) is 2.96. The average Bonchev–Trinajstić information content (AvgIpc) is 2.68. The lowest BCUT2D eigenvalue weighted by atomic mass is 10.2. The molecule has 14 heavy (non-hydrogen) atoms. The van der Waals surface area contributed by atoms with Crippen molar-refractivity contribution in [3.8, 4) is 0 Å². The van der Waals surface area contributed by atoms with Gasteiger partial charge in [0.1, 0.15) is 0 Å². The first kappa shape index (κ1) is 10.1. The van der Waals surface area contributed by atoms with Crippen molar-refractivity contribution in [3.63, 3.8) is 0 Å². The van der Waals surface area contributed by atoms with Crippen LogP contribution < -0.4 is 5.32 Å². The number of rotatable bonds is 3. The molecule has 1 N–H and O–H groups in total. The molecule has 1 unspecified atom stereocenters. The molecule has 0 aliphatic carbocycles. The minimum absolute atomic E-state index is 0.673. The third-order valence-electron chi connectivity index (χ3n) is 2.57. The van der Waals surface area contributed by atoms with E-state index in [0.717, 1.165) is 12.2 Å². The normalized spacial score (nSPS) is 22.5. The summed E-state index contributed by atoms with van der Waals surface area (Å²) in [7, 11) is 1.95. The van der Waals surface area contributed by atoms with Crippen LogP contribution in [0.3, 0.4) is 0 Å². The maximum absolute atomic E-state index is 4.37. The van der Waals surface area contributed by atoms with Crippen LogP contribution in [0, 0.1) is 0 Å². The zero-order valence-corrected chi connectivity index (χ0v) is 9.39. The first-order valence-corrected chi connectivity index (χ1v) is 6.30. The van der Waals surface area contributed by atoms with Gasteiger partial charge in [-0.2, -0.15) is 11.8 Å². The monoisotopic (exact) mass is 211 g/mol. The molecule has 0 amide bonds. The molecular formula is C10H17N3S. The molecule has 3 nitrogen and oxygen atoms in total. The van der Waals surface area contributed by atoms with Gasteiger partial charge in [0.25, 0.3) is 0 Å². The lowest BCUT2D eigenvalue weighted by molar-refractivity contribution is 0.499. The number of hydrogen-bond donors (Lipinski definition) is 1. The minimum atomic E-state index is 0.673. The Kier molecular flexibility index (Phi) is 3.48. The van der Waals surface area contributed by atoms with Crippen molar-refractivity contribution in [1.82, 2.24) is 14.9 Å². The van der Waals surface area contributed by atoms with E-state index in [1.54, 1.807) is 0 Å². The molecule has 4 heteroatoms. The van der Waals surface area contributed by atoms with E-state index in [-0.39, 0.29) is 0 Å². The second-order valence-corrected chi connectivity index (χ2v) is 4.86. The Morgan fingerprint density at radius 3 is 3.36 bits per heavy atom. The Balaban J connectivity index is 2.00. The van der Waals surface area contributed by atoms with Crippen LogP contribution in [0.15, 0.2) is 12.5 Å². The smallest absolute Gasteiger partial charge is 0.0952 e. The molecule has 0 aromatic carbocycles. The van der Waals surface area contributed by atoms with Gasteiger partial charge in [-0.15, -0.1) is 0 Å². The Labute approximate surface area is 89.3 Å². The molecule has 0 spiro atoms. The zero-order valence-electron chi connectivity index (χ0n) is 8.57. The predicted molar refractivity (Wildman–Crippen MR) is 60.6 cm³/mol. The van der Waals surface area contributed by atoms with Gasteiger partial charge in [-0.1, -0.05) is 0 Å². The number of hydrogen-bond acceptors (Lipinski definition) is 3. The van der Waals surface area contributed by atoms with Gasteiger partial charge in [-0.05, 0) is 25.6 Å². The van der Waals surface area contributed by atoms with Crippen LogP contribution in [-0.4, -0.2) is 28.1 Å². The van der Waals surface area contributed by atoms with Gasteiger partial charge in [-0.3, -0.25) is 0 Å². The van der Waals surface area contributed by atoms with E-state index in [4.69, 9.17) is 0 Å². The van der Waals surface area contributed by atoms with Crippen molar-refractivity contribution in [2.24, 2.45) is 0 Å². The van der Waals surface area contributed by atoms with Crippen LogP contribution >= 0.6 is 11.8 Å². The largest absolute Gasteiger partial charge is 0.333 e. The highest BCUT2D eigenvalue weighted by Gasteiger charge is 2.15. The van der Waals surface area contributed by atoms with Gasteiger partial charge in [-0.25, -0.2) is 4.98 Å². The quantitative estimate of drug-likeness (QED) is 0.825. The van der Waals surface area contributed by atoms with E-state index >= 15 is 0 Å². The Morgan fingerprint density at radius 2 is 2.64 bits per heavy atom. The summed E-state index contributed by atoms with van der Waals surface area (Å²) in [5.74, 6) is 2.57. The summed E-state index contributed by atoms with van der Waals surface area (Å²) in [5, 5.41) is 3.12. The van der Waals surface area contributed by atoms with E-state index in [9.17, 15) is 0 Å². The van der Waals surface area contributed by atoms with Crippen molar-refractivity contribution < 1.29 is 0 Å². The topological polar surface area (TPSA) is 29.9 Å². The summed E-state index contributed by atoms with van der Waals surface area (Å²) in [6.07, 6.45) is 6.80. The Morgan fingerprint density at radius 1 is 1.71 bits per heavy atom. The molecule has 1 aliphatic heterocycles. The van der Waals surface area contributed by atoms with Crippen molar-refractivity contribution in [2.75, 3.05) is 18.6 Å². The number of nitrogens with zero attached hydrogens (tertiary/aromatic N) is 2. The first-order chi connectivity index (χ1) is 6.90. The van der Waals surface area contributed by atoms with Crippen LogP contribution in [-0.2, 0) is 6.54 Å². The molecule has 1 aromatic heterocycles. The molecule has 1 aromatic rings. The second kappa shape index (κ2) is 4.84. The number of thioether (sulfide) groups is 1. The average molecular weight is 211 g/mol. The van der Waals surface area contributed by atoms with Crippen LogP contribution in [0.5, 0.6) is 0 Å². The van der Waals surface area contributed by atoms with E-state index in [1.807, 2.05) is 13.4 Å². The molecule has 2 rings (SSSR count). The summed E-state index contributed by atoms with van der Waals surface area (Å²) in [5.41, 5.74) is 1.14. The van der Waals surface area contributed by atoms with E-state index in [0.29, 0.717) is 6.04 Å². The van der Waals surface area contributed by atoms with Gasteiger partial charge >= 0.3 is 0 Å². The molecule has 0 radical (unpaired) electrons. The van der Waals surface area contributed by atoms with Crippen LogP contribution in [0.25, 0.3) is 0 Å². The molecular weight excluding hydrogens is 194 g/mol. The van der Waals surface area contributed by atoms with Crippen LogP contribution in [0.4, 0.5) is 0 Å². The molecule has 0 saturated carbocycles. The van der Waals surface area contributed by atoms with Gasteiger partial charge in [0, 0.05) is 24.5 Å². The second-order valence-electron chi connectivity index (χ2n) is 3.71. The molecule has 1 saturated heterocycles. The van der Waals surface area contributed by atoms with Crippen LogP contribution in [0.2, 0.25) is 0 Å². The van der Waals surface area contributed by atoms with Crippen LogP contribution in [0.1, 0.15) is 24.6 Å². The maximum atomic E-state index is 4.37. The highest BCUT2D eigenvalue weighted by molar-refractivity contribution is 7.99. The van der Waals surface area contributed by atoms with Crippen molar-refractivity contribution in [2.45, 2.75) is 25.4 Å². The summed E-state index contributed by atoms with van der Waals surface area (Å²) >= 11 is 2.06. The van der Waals surface area contributed by atoms with E-state index in [2.05, 4.69) is 32.8 Å². The molecule has 1 atom stereocenters. The SMILES string of the molecule is CNCc1cn(C2CCCSC2)cn1. The Hall–Kier alpha value is -0.480. The molecule has 1 aliphatic rings. The van der Waals surface area contributed by atoms with Gasteiger partial charge in [0.15, 0.2) is 0 Å². The first-order valence-electron chi connectivity index (χ1n) is 5.15. The van der Waals surface area contributed by atoms with Crippen molar-refractivity contribution in [1.29, 1.82) is 0 Å². The molecule has 1 fully saturated rings. The standard InChI is InChI=1S/C10H17N3S/c1-11-5-9-6-13(8-12-9)10-3-2-4-14-7-10/h6,8,10-11H,2-5,7H2,1H3. The Bertz CT molecular complexity index is 279. The minimum Gasteiger partial charge on any atom is -0.333 e. The third-order valence-corrected chi connectivity index (χ3v) is 3.77. The fourth-order valence-electron chi connectivity index (χ4n) is 1.81. The fraction of sp³-hybridized carbons (Fsp3) is 0.700. The zero-order chi connectivity index (χ0) is 9.80. The number of aromatic nitrogens is 2. The highest BCUT2D eigenvalue weighted by Crippen LogP contribution is 2.26. The highest BCUT2D eigenvalue weighted by atomic mass is 32.2. The molecule has 2 heterocycles. The summed E-state index contributed by atoms with van der Waals surface area (Å²) < 4.78 is 2.28. The van der Waals surface area contributed by atoms with E-state index in [1.165, 1.54) is 24.3 Å². The van der Waals surface area contributed by atoms with Gasteiger partial charge < -0.3 is 9.88 Å². The maximum Gasteiger partial charge on any atom is 0.0952 e. The lowest BCUT2D eigenvalue weighted by Crippen LogP contribution is -2.14. The van der Waals surface area contributed by atoms with Gasteiger partial charge in [0.05, 0.1) is 12.0 Å². The summed E-state index contributed by atoms with van der Waals surface area (Å²) in [6.45, 7) is 0.868. The molecule has 0 bridgehead atoms. The molecule has 78 valence electrons. The summed E-state index contributed by atoms with van der Waals surface area (Å²) in [6, 6.07) is 0.673. The summed E-state index contributed by atoms with van der Waals surface area (Å²) in [4.78, 5) is 4.37. The lowest BCUT2D eigenvalue weighted by Gasteiger charge is -2.22. The van der Waals surface area contributed by atoms with Crippen molar-refractivity contribution in [3.05, 3.63) is 18.2 Å². The van der Waals surface area contributed by atoms with Gasteiger partial charge in [0.2, 0.25) is 0 Å². The third kappa shape index (κ3) is 2.30. The number of imidazole rings is 1. The van der Waals surface area contributed by atoms with E-state index < -0.39 is 0 Å². The van der Waals surface area contributed by atoms with Crippen molar-refractivity contribution >= 4 is 11.8 Å². The number of nitrogens with one attached hydrogen (secondary N) is 1. The predicted octanol–water partition coefficient (Wildman–Crippen LogP) is 1.67.